The Balaban J connectivity index is 2.04. The van der Waals surface area contributed by atoms with E-state index in [-0.39, 0.29) is 5.91 Å². The highest BCUT2D eigenvalue weighted by atomic mass is 79.9. The van der Waals surface area contributed by atoms with Crippen LogP contribution in [0.2, 0.25) is 0 Å². The molecule has 0 atom stereocenters. The second-order valence-corrected chi connectivity index (χ2v) is 4.69. The Morgan fingerprint density at radius 3 is 2.58 bits per heavy atom. The Labute approximate surface area is 119 Å². The van der Waals surface area contributed by atoms with Crippen LogP contribution >= 0.6 is 15.9 Å². The average Bonchev–Trinajstić information content (AvgIpc) is 2.42. The van der Waals surface area contributed by atoms with Crippen molar-refractivity contribution in [3.63, 3.8) is 0 Å². The molecule has 0 aliphatic rings. The summed E-state index contributed by atoms with van der Waals surface area (Å²) in [7, 11) is 0. The van der Waals surface area contributed by atoms with Crippen molar-refractivity contribution in [1.29, 1.82) is 0 Å². The van der Waals surface area contributed by atoms with Crippen molar-refractivity contribution in [2.24, 2.45) is 0 Å². The maximum absolute atomic E-state index is 11.9. The minimum Gasteiger partial charge on any atom is -0.494 e. The summed E-state index contributed by atoms with van der Waals surface area (Å²) in [5, 5.41) is 2.77. The third kappa shape index (κ3) is 3.79. The number of halogens is 1. The van der Waals surface area contributed by atoms with Gasteiger partial charge < -0.3 is 10.1 Å². The first-order valence-corrected chi connectivity index (χ1v) is 6.64. The number of aromatic nitrogens is 1. The summed E-state index contributed by atoms with van der Waals surface area (Å²) in [6, 6.07) is 10.7. The van der Waals surface area contributed by atoms with E-state index >= 15 is 0 Å². The van der Waals surface area contributed by atoms with Crippen LogP contribution in [0.1, 0.15) is 17.4 Å². The first-order chi connectivity index (χ1) is 9.19. The molecular formula is C14H13BrN2O2. The zero-order chi connectivity index (χ0) is 13.7. The zero-order valence-electron chi connectivity index (χ0n) is 10.4. The number of hydrogen-bond donors (Lipinski definition) is 1. The summed E-state index contributed by atoms with van der Waals surface area (Å²) >= 11 is 3.28. The number of hydrogen-bond acceptors (Lipinski definition) is 3. The molecule has 0 aliphatic heterocycles. The molecule has 0 unspecified atom stereocenters. The lowest BCUT2D eigenvalue weighted by Crippen LogP contribution is -2.13. The predicted octanol–water partition coefficient (Wildman–Crippen LogP) is 3.50. The minimum absolute atomic E-state index is 0.239. The molecule has 5 heteroatoms. The SMILES string of the molecule is CCOc1ccc(NC(=O)c2ccc(Br)cn2)cc1. The number of benzene rings is 1. The quantitative estimate of drug-likeness (QED) is 0.938. The van der Waals surface area contributed by atoms with E-state index in [0.29, 0.717) is 18.0 Å². The van der Waals surface area contributed by atoms with Crippen LogP contribution in [0.4, 0.5) is 5.69 Å². The smallest absolute Gasteiger partial charge is 0.274 e. The first kappa shape index (κ1) is 13.5. The minimum atomic E-state index is -0.239. The molecular weight excluding hydrogens is 308 g/mol. The molecule has 98 valence electrons. The molecule has 4 nitrogen and oxygen atoms in total. The standard InChI is InChI=1S/C14H13BrN2O2/c1-2-19-12-6-4-11(5-7-12)17-14(18)13-8-3-10(15)9-16-13/h3-9H,2H2,1H3,(H,17,18). The van der Waals surface area contributed by atoms with Crippen molar-refractivity contribution in [1.82, 2.24) is 4.98 Å². The summed E-state index contributed by atoms with van der Waals surface area (Å²) in [5.41, 5.74) is 1.08. The van der Waals surface area contributed by atoms with Gasteiger partial charge in [-0.25, -0.2) is 4.98 Å². The van der Waals surface area contributed by atoms with Gasteiger partial charge in [-0.3, -0.25) is 4.79 Å². The van der Waals surface area contributed by atoms with Gasteiger partial charge in [-0.1, -0.05) is 0 Å². The van der Waals surface area contributed by atoms with Gasteiger partial charge in [-0.15, -0.1) is 0 Å². The molecule has 1 aromatic heterocycles. The van der Waals surface area contributed by atoms with Crippen molar-refractivity contribution >= 4 is 27.5 Å². The summed E-state index contributed by atoms with van der Waals surface area (Å²) in [6.07, 6.45) is 1.59. The number of amides is 1. The monoisotopic (exact) mass is 320 g/mol. The number of carbonyl (C=O) groups is 1. The number of rotatable bonds is 4. The molecule has 0 aliphatic carbocycles. The van der Waals surface area contributed by atoms with Gasteiger partial charge in [0, 0.05) is 16.4 Å². The lowest BCUT2D eigenvalue weighted by molar-refractivity contribution is 0.102. The van der Waals surface area contributed by atoms with Gasteiger partial charge in [0.15, 0.2) is 0 Å². The fraction of sp³-hybridized carbons (Fsp3) is 0.143. The summed E-state index contributed by atoms with van der Waals surface area (Å²) in [4.78, 5) is 16.0. The van der Waals surface area contributed by atoms with Crippen molar-refractivity contribution in [2.45, 2.75) is 6.92 Å². The van der Waals surface area contributed by atoms with E-state index in [1.807, 2.05) is 19.1 Å². The normalized spacial score (nSPS) is 10.0. The van der Waals surface area contributed by atoms with Crippen LogP contribution in [0.25, 0.3) is 0 Å². The number of nitrogens with one attached hydrogen (secondary N) is 1. The van der Waals surface area contributed by atoms with E-state index in [9.17, 15) is 4.79 Å². The molecule has 0 saturated heterocycles. The topological polar surface area (TPSA) is 51.2 Å². The van der Waals surface area contributed by atoms with E-state index in [1.54, 1.807) is 30.5 Å². The number of nitrogens with zero attached hydrogens (tertiary/aromatic N) is 1. The molecule has 0 spiro atoms. The number of pyridine rings is 1. The Morgan fingerprint density at radius 2 is 2.00 bits per heavy atom. The van der Waals surface area contributed by atoms with Crippen LogP contribution in [-0.4, -0.2) is 17.5 Å². The maximum Gasteiger partial charge on any atom is 0.274 e. The molecule has 0 fully saturated rings. The number of ether oxygens (including phenoxy) is 1. The van der Waals surface area contributed by atoms with E-state index in [4.69, 9.17) is 4.74 Å². The second-order valence-electron chi connectivity index (χ2n) is 3.77. The molecule has 2 aromatic rings. The second kappa shape index (κ2) is 6.33. The van der Waals surface area contributed by atoms with Crippen LogP contribution in [0, 0.1) is 0 Å². The summed E-state index contributed by atoms with van der Waals surface area (Å²) in [6.45, 7) is 2.55. The molecule has 19 heavy (non-hydrogen) atoms. The lowest BCUT2D eigenvalue weighted by Gasteiger charge is -2.06. The number of carbonyl (C=O) groups excluding carboxylic acids is 1. The van der Waals surface area contributed by atoms with Crippen LogP contribution < -0.4 is 10.1 Å². The van der Waals surface area contributed by atoms with Crippen LogP contribution in [0.3, 0.4) is 0 Å². The van der Waals surface area contributed by atoms with E-state index in [0.717, 1.165) is 10.2 Å². The van der Waals surface area contributed by atoms with Gasteiger partial charge >= 0.3 is 0 Å². The Kier molecular flexibility index (Phi) is 4.52. The van der Waals surface area contributed by atoms with E-state index < -0.39 is 0 Å². The number of anilines is 1. The van der Waals surface area contributed by atoms with Gasteiger partial charge in [0.2, 0.25) is 0 Å². The fourth-order valence-electron chi connectivity index (χ4n) is 1.51. The summed E-state index contributed by atoms with van der Waals surface area (Å²) < 4.78 is 6.17. The third-order valence-electron chi connectivity index (χ3n) is 2.38. The molecule has 0 bridgehead atoms. The Hall–Kier alpha value is -1.88. The van der Waals surface area contributed by atoms with Gasteiger partial charge in [0.25, 0.3) is 5.91 Å². The highest BCUT2D eigenvalue weighted by molar-refractivity contribution is 9.10. The van der Waals surface area contributed by atoms with Gasteiger partial charge in [0.1, 0.15) is 11.4 Å². The highest BCUT2D eigenvalue weighted by Gasteiger charge is 2.07. The van der Waals surface area contributed by atoms with Gasteiger partial charge in [-0.2, -0.15) is 0 Å². The molecule has 0 saturated carbocycles. The molecule has 1 N–H and O–H groups in total. The Bertz CT molecular complexity index is 553. The van der Waals surface area contributed by atoms with Gasteiger partial charge in [-0.05, 0) is 59.3 Å². The zero-order valence-corrected chi connectivity index (χ0v) is 12.0. The molecule has 1 aromatic carbocycles. The predicted molar refractivity (Wildman–Crippen MR) is 77.5 cm³/mol. The van der Waals surface area contributed by atoms with Crippen molar-refractivity contribution in [3.8, 4) is 5.75 Å². The Morgan fingerprint density at radius 1 is 1.26 bits per heavy atom. The van der Waals surface area contributed by atoms with Crippen molar-refractivity contribution < 1.29 is 9.53 Å². The third-order valence-corrected chi connectivity index (χ3v) is 2.85. The van der Waals surface area contributed by atoms with Crippen LogP contribution in [-0.2, 0) is 0 Å². The highest BCUT2D eigenvalue weighted by Crippen LogP contribution is 2.16. The largest absolute Gasteiger partial charge is 0.494 e. The van der Waals surface area contributed by atoms with Crippen LogP contribution in [0.5, 0.6) is 5.75 Å². The van der Waals surface area contributed by atoms with Gasteiger partial charge in [0.05, 0.1) is 6.61 Å². The molecule has 0 radical (unpaired) electrons. The lowest BCUT2D eigenvalue weighted by atomic mass is 10.3. The fourth-order valence-corrected chi connectivity index (χ4v) is 1.74. The van der Waals surface area contributed by atoms with E-state index in [1.165, 1.54) is 0 Å². The molecule has 1 amide bonds. The van der Waals surface area contributed by atoms with E-state index in [2.05, 4.69) is 26.2 Å². The maximum atomic E-state index is 11.9. The van der Waals surface area contributed by atoms with Crippen molar-refractivity contribution in [3.05, 3.63) is 52.8 Å². The first-order valence-electron chi connectivity index (χ1n) is 5.85. The summed E-state index contributed by atoms with van der Waals surface area (Å²) in [5.74, 6) is 0.541. The average molecular weight is 321 g/mol. The molecule has 2 rings (SSSR count). The van der Waals surface area contributed by atoms with Crippen molar-refractivity contribution in [2.75, 3.05) is 11.9 Å². The van der Waals surface area contributed by atoms with Crippen LogP contribution in [0.15, 0.2) is 47.1 Å². The molecule has 1 heterocycles.